The number of halogens is 1. The lowest BCUT2D eigenvalue weighted by Gasteiger charge is -2.55. The van der Waals surface area contributed by atoms with Gasteiger partial charge in [-0.05, 0) is 12.1 Å². The van der Waals surface area contributed by atoms with Gasteiger partial charge in [-0.2, -0.15) is 0 Å². The number of hydrogen-bond acceptors (Lipinski definition) is 6. The Balaban J connectivity index is 1.55. The highest BCUT2D eigenvalue weighted by atomic mass is 35.5. The van der Waals surface area contributed by atoms with Crippen LogP contribution in [-0.4, -0.2) is 53.3 Å². The number of anilines is 1. The smallest absolute Gasteiger partial charge is 0.166 e. The molecule has 0 bridgehead atoms. The van der Waals surface area contributed by atoms with E-state index in [0.29, 0.717) is 11.6 Å². The van der Waals surface area contributed by atoms with Crippen molar-refractivity contribution in [1.29, 1.82) is 0 Å². The lowest BCUT2D eigenvalue weighted by Crippen LogP contribution is -2.67. The topological polar surface area (TPSA) is 76.8 Å². The van der Waals surface area contributed by atoms with Crippen molar-refractivity contribution in [1.82, 2.24) is 24.5 Å². The van der Waals surface area contributed by atoms with Crippen molar-refractivity contribution in [3.63, 3.8) is 0 Å². The van der Waals surface area contributed by atoms with Crippen molar-refractivity contribution < 1.29 is 4.21 Å². The van der Waals surface area contributed by atoms with Crippen LogP contribution in [0, 0.1) is 5.41 Å². The summed E-state index contributed by atoms with van der Waals surface area (Å²) in [6.45, 7) is 8.60. The quantitative estimate of drug-likeness (QED) is 0.635. The van der Waals surface area contributed by atoms with Crippen LogP contribution >= 0.6 is 11.6 Å². The molecule has 2 aliphatic rings. The highest BCUT2D eigenvalue weighted by Gasteiger charge is 2.52. The van der Waals surface area contributed by atoms with Crippen molar-refractivity contribution in [2.75, 3.05) is 29.5 Å². The van der Waals surface area contributed by atoms with Gasteiger partial charge in [-0.3, -0.25) is 9.19 Å². The van der Waals surface area contributed by atoms with Gasteiger partial charge in [0.25, 0.3) is 0 Å². The summed E-state index contributed by atoms with van der Waals surface area (Å²) >= 11 is 6.31. The molecule has 2 fully saturated rings. The van der Waals surface area contributed by atoms with Crippen LogP contribution in [0.5, 0.6) is 0 Å². The monoisotopic (exact) mass is 430 g/mol. The maximum atomic E-state index is 11.6. The van der Waals surface area contributed by atoms with Crippen molar-refractivity contribution >= 4 is 39.4 Å². The fraction of sp³-hybridized carbons (Fsp3) is 0.500. The molecule has 3 aromatic heterocycles. The van der Waals surface area contributed by atoms with Gasteiger partial charge in [-0.15, -0.1) is 0 Å². The molecule has 152 valence electrons. The summed E-state index contributed by atoms with van der Waals surface area (Å²) in [4.78, 5) is 21.0. The summed E-state index contributed by atoms with van der Waals surface area (Å²) < 4.78 is 13.6. The minimum Gasteiger partial charge on any atom is -0.353 e. The largest absolute Gasteiger partial charge is 0.353 e. The van der Waals surface area contributed by atoms with Gasteiger partial charge in [0.15, 0.2) is 17.0 Å². The molecular formula is C20H23ClN6OS. The van der Waals surface area contributed by atoms with Crippen LogP contribution in [-0.2, 0) is 22.8 Å². The van der Waals surface area contributed by atoms with E-state index in [9.17, 15) is 4.21 Å². The minimum absolute atomic E-state index is 0.193. The first-order valence-corrected chi connectivity index (χ1v) is 11.5. The van der Waals surface area contributed by atoms with Crippen molar-refractivity contribution in [2.24, 2.45) is 5.41 Å². The lowest BCUT2D eigenvalue weighted by atomic mass is 9.83. The third kappa shape index (κ3) is 3.22. The number of aromatic nitrogens is 5. The molecule has 0 unspecified atom stereocenters. The molecule has 29 heavy (non-hydrogen) atoms. The van der Waals surface area contributed by atoms with Crippen LogP contribution < -0.4 is 4.90 Å². The number of imidazole rings is 1. The van der Waals surface area contributed by atoms with E-state index >= 15 is 0 Å². The molecule has 3 aromatic rings. The minimum atomic E-state index is -0.646. The Hall–Kier alpha value is -2.06. The molecule has 5 heterocycles. The molecular weight excluding hydrogens is 408 g/mol. The molecule has 0 aliphatic carbocycles. The Morgan fingerprint density at radius 2 is 1.97 bits per heavy atom. The molecule has 5 rings (SSSR count). The van der Waals surface area contributed by atoms with Crippen molar-refractivity contribution in [3.05, 3.63) is 41.2 Å². The zero-order chi connectivity index (χ0) is 20.4. The maximum Gasteiger partial charge on any atom is 0.166 e. The van der Waals surface area contributed by atoms with E-state index in [4.69, 9.17) is 21.6 Å². The highest BCUT2D eigenvalue weighted by molar-refractivity contribution is 7.86. The molecule has 0 atom stereocenters. The maximum absolute atomic E-state index is 11.6. The molecule has 9 heteroatoms. The molecule has 0 radical (unpaired) electrons. The van der Waals surface area contributed by atoms with Crippen LogP contribution in [0.15, 0.2) is 24.7 Å². The van der Waals surface area contributed by atoms with Gasteiger partial charge in [-0.25, -0.2) is 15.0 Å². The van der Waals surface area contributed by atoms with Crippen molar-refractivity contribution in [3.8, 4) is 0 Å². The number of fused-ring (bicyclic) bond motifs is 1. The third-order valence-corrected chi connectivity index (χ3v) is 7.77. The normalized spacial score (nSPS) is 18.8. The summed E-state index contributed by atoms with van der Waals surface area (Å²) in [5.41, 5.74) is 2.38. The number of rotatable bonds is 3. The average molecular weight is 431 g/mol. The number of pyridine rings is 1. The molecule has 7 nitrogen and oxygen atoms in total. The van der Waals surface area contributed by atoms with Crippen LogP contribution in [0.1, 0.15) is 32.3 Å². The van der Waals surface area contributed by atoms with E-state index in [1.165, 1.54) is 0 Å². The first kappa shape index (κ1) is 18.9. The summed E-state index contributed by atoms with van der Waals surface area (Å²) in [7, 11) is -0.646. The molecule has 0 amide bonds. The first-order valence-electron chi connectivity index (χ1n) is 9.67. The molecule has 2 aliphatic heterocycles. The van der Waals surface area contributed by atoms with Crippen molar-refractivity contribution in [2.45, 2.75) is 32.7 Å². The Bertz CT molecular complexity index is 1120. The number of hydrogen-bond donors (Lipinski definition) is 0. The van der Waals surface area contributed by atoms with Crippen LogP contribution in [0.2, 0.25) is 5.02 Å². The van der Waals surface area contributed by atoms with Crippen LogP contribution in [0.25, 0.3) is 11.2 Å². The fourth-order valence-electron chi connectivity index (χ4n) is 4.03. The van der Waals surface area contributed by atoms with Gasteiger partial charge in [0.05, 0.1) is 23.6 Å². The predicted octanol–water partition coefficient (Wildman–Crippen LogP) is 2.79. The second-order valence-electron chi connectivity index (χ2n) is 9.18. The Morgan fingerprint density at radius 3 is 2.62 bits per heavy atom. The van der Waals surface area contributed by atoms with Crippen LogP contribution in [0.3, 0.4) is 0 Å². The van der Waals surface area contributed by atoms with E-state index in [2.05, 4.69) is 35.6 Å². The van der Waals surface area contributed by atoms with E-state index in [1.54, 1.807) is 12.5 Å². The van der Waals surface area contributed by atoms with Gasteiger partial charge >= 0.3 is 0 Å². The van der Waals surface area contributed by atoms with E-state index < -0.39 is 10.8 Å². The summed E-state index contributed by atoms with van der Waals surface area (Å²) in [5.74, 6) is 3.26. The summed E-state index contributed by atoms with van der Waals surface area (Å²) in [6, 6.07) is 3.66. The van der Waals surface area contributed by atoms with E-state index in [-0.39, 0.29) is 10.8 Å². The predicted molar refractivity (Wildman–Crippen MR) is 115 cm³/mol. The zero-order valence-corrected chi connectivity index (χ0v) is 18.3. The van der Waals surface area contributed by atoms with E-state index in [1.807, 2.05) is 16.7 Å². The number of nitrogens with zero attached hydrogens (tertiary/aromatic N) is 6. The Kier molecular flexibility index (Phi) is 4.22. The highest BCUT2D eigenvalue weighted by Crippen LogP contribution is 2.43. The molecule has 0 N–H and O–H groups in total. The lowest BCUT2D eigenvalue weighted by molar-refractivity contribution is 0.262. The third-order valence-electron chi connectivity index (χ3n) is 5.56. The van der Waals surface area contributed by atoms with E-state index in [0.717, 1.165) is 53.1 Å². The standard InChI is InChI=1S/C20H23ClN6OS/c1-19(2,3)18-24-16-15(17(25-18)27-8-20(9-27)10-29(28)11-20)23-12-26(16)7-14-13(21)5-4-6-22-14/h4-6,12H,7-11H2,1-3H3. The molecule has 0 saturated carbocycles. The second kappa shape index (κ2) is 6.47. The van der Waals surface area contributed by atoms with Gasteiger partial charge in [-0.1, -0.05) is 32.4 Å². The second-order valence-corrected chi connectivity index (χ2v) is 11.0. The van der Waals surface area contributed by atoms with Gasteiger partial charge in [0.2, 0.25) is 0 Å². The van der Waals surface area contributed by atoms with Gasteiger partial charge in [0.1, 0.15) is 5.82 Å². The molecule has 2 saturated heterocycles. The molecule has 0 aromatic carbocycles. The van der Waals surface area contributed by atoms with Gasteiger partial charge in [0, 0.05) is 52.4 Å². The summed E-state index contributed by atoms with van der Waals surface area (Å²) in [5, 5.41) is 0.627. The molecule has 1 spiro atoms. The Morgan fingerprint density at radius 1 is 1.21 bits per heavy atom. The average Bonchev–Trinajstić information content (AvgIpc) is 3.00. The van der Waals surface area contributed by atoms with Crippen LogP contribution in [0.4, 0.5) is 5.82 Å². The summed E-state index contributed by atoms with van der Waals surface area (Å²) in [6.07, 6.45) is 3.53. The SMILES string of the molecule is CC(C)(C)c1nc(N2CC3(C2)CS(=O)C3)c2ncn(Cc3ncccc3Cl)c2n1. The fourth-order valence-corrected chi connectivity index (χ4v) is 5.86. The first-order chi connectivity index (χ1) is 13.7. The van der Waals surface area contributed by atoms with Gasteiger partial charge < -0.3 is 9.47 Å². The zero-order valence-electron chi connectivity index (χ0n) is 16.7. The Labute approximate surface area is 177 Å².